The second-order valence-electron chi connectivity index (χ2n) is 6.55. The molecule has 0 fully saturated rings. The molecule has 2 aromatic rings. The number of aryl methyl sites for hydroxylation is 2. The molecule has 0 bridgehead atoms. The first-order valence-corrected chi connectivity index (χ1v) is 11.8. The number of carbonyl (C=O) groups is 1. The maximum absolute atomic E-state index is 13.0. The van der Waals surface area contributed by atoms with Gasteiger partial charge in [-0.05, 0) is 68.0 Å². The van der Waals surface area contributed by atoms with Crippen LogP contribution in [0.4, 0.5) is 11.4 Å². The summed E-state index contributed by atoms with van der Waals surface area (Å²) < 4.78 is 26.3. The molecule has 0 aliphatic carbocycles. The van der Waals surface area contributed by atoms with Gasteiger partial charge in [-0.2, -0.15) is 0 Å². The number of hydrogen-bond donors (Lipinski definition) is 1. The number of anilines is 2. The molecular weight excluding hydrogens is 380 g/mol. The van der Waals surface area contributed by atoms with Crippen LogP contribution in [0.1, 0.15) is 24.5 Å². The van der Waals surface area contributed by atoms with Crippen LogP contribution in [0.3, 0.4) is 0 Å². The Hall–Kier alpha value is -1.99. The zero-order valence-electron chi connectivity index (χ0n) is 16.3. The largest absolute Gasteiger partial charge is 0.324 e. The van der Waals surface area contributed by atoms with E-state index in [4.69, 9.17) is 0 Å². The van der Waals surface area contributed by atoms with Crippen molar-refractivity contribution in [3.63, 3.8) is 0 Å². The van der Waals surface area contributed by atoms with Crippen LogP contribution in [0.25, 0.3) is 0 Å². The first-order chi connectivity index (χ1) is 12.7. The number of nitrogens with zero attached hydrogens (tertiary/aromatic N) is 1. The summed E-state index contributed by atoms with van der Waals surface area (Å²) in [5.74, 6) is -0.347. The Bertz CT molecular complexity index is 906. The van der Waals surface area contributed by atoms with Crippen LogP contribution >= 0.6 is 11.8 Å². The summed E-state index contributed by atoms with van der Waals surface area (Å²) in [5.41, 5.74) is 3.05. The number of nitrogens with one attached hydrogen (secondary N) is 1. The highest BCUT2D eigenvalue weighted by Crippen LogP contribution is 2.26. The van der Waals surface area contributed by atoms with Crippen molar-refractivity contribution in [3.05, 3.63) is 53.6 Å². The fourth-order valence-corrected chi connectivity index (χ4v) is 4.72. The lowest BCUT2D eigenvalue weighted by molar-refractivity contribution is -0.117. The van der Waals surface area contributed by atoms with Crippen molar-refractivity contribution in [2.24, 2.45) is 0 Å². The number of amides is 1. The van der Waals surface area contributed by atoms with E-state index in [1.165, 1.54) is 4.31 Å². The van der Waals surface area contributed by atoms with E-state index in [-0.39, 0.29) is 5.91 Å². The zero-order chi connectivity index (χ0) is 20.2. The van der Waals surface area contributed by atoms with Crippen LogP contribution in [0.5, 0.6) is 0 Å². The van der Waals surface area contributed by atoms with E-state index in [1.807, 2.05) is 51.3 Å². The van der Waals surface area contributed by atoms with E-state index in [9.17, 15) is 13.2 Å². The summed E-state index contributed by atoms with van der Waals surface area (Å²) in [5, 5.41) is 2.86. The Morgan fingerprint density at radius 3 is 2.30 bits per heavy atom. The topological polar surface area (TPSA) is 66.5 Å². The minimum absolute atomic E-state index is 0.347. The average Bonchev–Trinajstić information content (AvgIpc) is 2.57. The molecule has 0 radical (unpaired) electrons. The lowest BCUT2D eigenvalue weighted by Crippen LogP contribution is -2.47. The third kappa shape index (κ3) is 5.49. The van der Waals surface area contributed by atoms with Gasteiger partial charge in [-0.15, -0.1) is 11.8 Å². The van der Waals surface area contributed by atoms with Crippen LogP contribution < -0.4 is 9.62 Å². The van der Waals surface area contributed by atoms with Crippen LogP contribution in [-0.2, 0) is 14.8 Å². The average molecular weight is 407 g/mol. The van der Waals surface area contributed by atoms with Gasteiger partial charge in [-0.25, -0.2) is 8.42 Å². The molecule has 0 heterocycles. The molecule has 0 unspecified atom stereocenters. The first kappa shape index (κ1) is 21.3. The van der Waals surface area contributed by atoms with Gasteiger partial charge in [0.25, 0.3) is 0 Å². The predicted octanol–water partition coefficient (Wildman–Crippen LogP) is 4.21. The zero-order valence-corrected chi connectivity index (χ0v) is 17.9. The van der Waals surface area contributed by atoms with Crippen molar-refractivity contribution in [3.8, 4) is 0 Å². The minimum atomic E-state index is -3.64. The molecule has 27 heavy (non-hydrogen) atoms. The Morgan fingerprint density at radius 1 is 1.15 bits per heavy atom. The molecule has 0 saturated carbocycles. The number of benzene rings is 2. The van der Waals surface area contributed by atoms with Gasteiger partial charge in [-0.1, -0.05) is 19.1 Å². The van der Waals surface area contributed by atoms with E-state index >= 15 is 0 Å². The molecule has 0 saturated heterocycles. The normalized spacial score (nSPS) is 12.5. The quantitative estimate of drug-likeness (QED) is 0.700. The van der Waals surface area contributed by atoms with Crippen LogP contribution in [-0.4, -0.2) is 32.9 Å². The maximum atomic E-state index is 13.0. The van der Waals surface area contributed by atoms with E-state index in [2.05, 4.69) is 5.32 Å². The molecule has 146 valence electrons. The smallest absolute Gasteiger partial charge is 0.248 e. The number of sulfonamides is 1. The molecule has 0 aliphatic rings. The van der Waals surface area contributed by atoms with Crippen molar-refractivity contribution in [1.82, 2.24) is 0 Å². The van der Waals surface area contributed by atoms with E-state index in [0.717, 1.165) is 22.3 Å². The van der Waals surface area contributed by atoms with Crippen LogP contribution in [0.15, 0.2) is 47.4 Å². The Morgan fingerprint density at radius 2 is 1.78 bits per heavy atom. The van der Waals surface area contributed by atoms with Gasteiger partial charge in [-0.3, -0.25) is 9.10 Å². The summed E-state index contributed by atoms with van der Waals surface area (Å²) in [4.78, 5) is 14.0. The lowest BCUT2D eigenvalue weighted by atomic mass is 10.1. The molecule has 2 rings (SSSR count). The lowest BCUT2D eigenvalue weighted by Gasteiger charge is -2.30. The van der Waals surface area contributed by atoms with Gasteiger partial charge in [0.05, 0.1) is 11.9 Å². The van der Waals surface area contributed by atoms with E-state index < -0.39 is 16.1 Å². The Labute approximate surface area is 166 Å². The molecule has 0 aliphatic heterocycles. The number of carbonyl (C=O) groups excluding carboxylic acids is 1. The highest BCUT2D eigenvalue weighted by molar-refractivity contribution is 7.98. The van der Waals surface area contributed by atoms with Crippen molar-refractivity contribution in [2.45, 2.75) is 38.1 Å². The second-order valence-corrected chi connectivity index (χ2v) is 9.29. The van der Waals surface area contributed by atoms with Crippen molar-refractivity contribution in [2.75, 3.05) is 22.1 Å². The fourth-order valence-electron chi connectivity index (χ4n) is 3.06. The van der Waals surface area contributed by atoms with Gasteiger partial charge < -0.3 is 5.32 Å². The molecule has 0 spiro atoms. The SMILES string of the molecule is CC[C@@H](C(=O)Nc1cccc(SC)c1)N(c1cc(C)cc(C)c1)S(C)(=O)=O. The van der Waals surface area contributed by atoms with Crippen molar-refractivity contribution < 1.29 is 13.2 Å². The van der Waals surface area contributed by atoms with Crippen LogP contribution in [0.2, 0.25) is 0 Å². The molecule has 2 aromatic carbocycles. The molecular formula is C20H26N2O3S2. The number of thioether (sulfide) groups is 1. The summed E-state index contributed by atoms with van der Waals surface area (Å²) >= 11 is 1.58. The Kier molecular flexibility index (Phi) is 6.95. The van der Waals surface area contributed by atoms with Gasteiger partial charge in [0.2, 0.25) is 15.9 Å². The predicted molar refractivity (Wildman–Crippen MR) is 114 cm³/mol. The third-order valence-electron chi connectivity index (χ3n) is 4.13. The molecule has 1 N–H and O–H groups in total. The standard InChI is InChI=1S/C20H26N2O3S2/c1-6-19(20(23)21-16-8-7-9-18(13-16)26-4)22(27(5,24)25)17-11-14(2)10-15(3)12-17/h7-13,19H,6H2,1-5H3,(H,21,23)/t19-/m0/s1. The summed E-state index contributed by atoms with van der Waals surface area (Å²) in [6.45, 7) is 5.63. The molecule has 0 aromatic heterocycles. The van der Waals surface area contributed by atoms with Crippen molar-refractivity contribution >= 4 is 39.1 Å². The molecule has 1 amide bonds. The van der Waals surface area contributed by atoms with Gasteiger partial charge in [0.1, 0.15) is 6.04 Å². The van der Waals surface area contributed by atoms with Crippen LogP contribution in [0, 0.1) is 13.8 Å². The number of hydrogen-bond acceptors (Lipinski definition) is 4. The summed E-state index contributed by atoms with van der Waals surface area (Å²) in [7, 11) is -3.64. The van der Waals surface area contributed by atoms with Gasteiger partial charge >= 0.3 is 0 Å². The number of rotatable bonds is 7. The second kappa shape index (κ2) is 8.80. The van der Waals surface area contributed by atoms with Gasteiger partial charge in [0.15, 0.2) is 0 Å². The highest BCUT2D eigenvalue weighted by atomic mass is 32.2. The summed E-state index contributed by atoms with van der Waals surface area (Å²) in [6, 6.07) is 12.2. The van der Waals surface area contributed by atoms with Crippen molar-refractivity contribution in [1.29, 1.82) is 0 Å². The first-order valence-electron chi connectivity index (χ1n) is 8.68. The molecule has 7 heteroatoms. The molecule has 5 nitrogen and oxygen atoms in total. The molecule has 1 atom stereocenters. The Balaban J connectivity index is 2.41. The summed E-state index contributed by atoms with van der Waals surface area (Å²) in [6.07, 6.45) is 3.45. The maximum Gasteiger partial charge on any atom is 0.248 e. The fraction of sp³-hybridized carbons (Fsp3) is 0.350. The highest BCUT2D eigenvalue weighted by Gasteiger charge is 2.31. The van der Waals surface area contributed by atoms with E-state index in [0.29, 0.717) is 17.8 Å². The monoisotopic (exact) mass is 406 g/mol. The minimum Gasteiger partial charge on any atom is -0.324 e. The third-order valence-corrected chi connectivity index (χ3v) is 6.03. The van der Waals surface area contributed by atoms with Gasteiger partial charge in [0, 0.05) is 10.6 Å². The van der Waals surface area contributed by atoms with E-state index in [1.54, 1.807) is 30.0 Å².